The Morgan fingerprint density at radius 2 is 2.15 bits per heavy atom. The molecular formula is C16H20ClNO2. The molecule has 108 valence electrons. The van der Waals surface area contributed by atoms with Crippen molar-refractivity contribution in [2.24, 2.45) is 5.92 Å². The van der Waals surface area contributed by atoms with Gasteiger partial charge in [-0.1, -0.05) is 36.6 Å². The van der Waals surface area contributed by atoms with Crippen molar-refractivity contribution >= 4 is 17.6 Å². The molecule has 4 heteroatoms. The number of carboxylic acid groups (broad SMARTS) is 1. The number of hydrogen-bond acceptors (Lipinski definition) is 2. The summed E-state index contributed by atoms with van der Waals surface area (Å²) >= 11 is 6.03. The molecule has 1 aliphatic heterocycles. The number of halogens is 1. The van der Waals surface area contributed by atoms with Gasteiger partial charge in [0.25, 0.3) is 0 Å². The van der Waals surface area contributed by atoms with Gasteiger partial charge in [-0.3, -0.25) is 9.69 Å². The minimum absolute atomic E-state index is 0.331. The molecule has 2 fully saturated rings. The molecule has 0 unspecified atom stereocenters. The van der Waals surface area contributed by atoms with Crippen LogP contribution in [-0.2, 0) is 11.3 Å². The summed E-state index contributed by atoms with van der Waals surface area (Å²) in [5.74, 6) is -0.120. The van der Waals surface area contributed by atoms with Crippen LogP contribution in [0, 0.1) is 5.92 Å². The topological polar surface area (TPSA) is 40.5 Å². The largest absolute Gasteiger partial charge is 0.480 e. The second kappa shape index (κ2) is 5.74. The van der Waals surface area contributed by atoms with Crippen molar-refractivity contribution in [3.63, 3.8) is 0 Å². The maximum absolute atomic E-state index is 11.5. The first kappa shape index (κ1) is 13.9. The Balaban J connectivity index is 1.82. The van der Waals surface area contributed by atoms with E-state index in [2.05, 4.69) is 4.90 Å². The van der Waals surface area contributed by atoms with Crippen molar-refractivity contribution in [3.8, 4) is 0 Å². The Bertz CT molecular complexity index is 505. The summed E-state index contributed by atoms with van der Waals surface area (Å²) in [7, 11) is 0. The van der Waals surface area contributed by atoms with Gasteiger partial charge >= 0.3 is 5.97 Å². The number of likely N-dealkylation sites (tertiary alicyclic amines) is 1. The first-order chi connectivity index (χ1) is 9.65. The quantitative estimate of drug-likeness (QED) is 0.926. The van der Waals surface area contributed by atoms with Crippen molar-refractivity contribution in [1.29, 1.82) is 0 Å². The van der Waals surface area contributed by atoms with E-state index in [0.717, 1.165) is 18.4 Å². The highest BCUT2D eigenvalue weighted by atomic mass is 35.5. The molecule has 2 aliphatic rings. The molecule has 3 rings (SSSR count). The highest BCUT2D eigenvalue weighted by molar-refractivity contribution is 6.30. The molecule has 1 saturated heterocycles. The molecule has 1 saturated carbocycles. The molecule has 3 nitrogen and oxygen atoms in total. The Morgan fingerprint density at radius 3 is 2.90 bits per heavy atom. The Kier molecular flexibility index (Phi) is 3.99. The van der Waals surface area contributed by atoms with Gasteiger partial charge in [0, 0.05) is 17.6 Å². The molecule has 1 N–H and O–H groups in total. The molecule has 0 spiro atoms. The van der Waals surface area contributed by atoms with E-state index in [1.165, 1.54) is 19.3 Å². The van der Waals surface area contributed by atoms with Crippen LogP contribution < -0.4 is 0 Å². The lowest BCUT2D eigenvalue weighted by molar-refractivity contribution is -0.142. The van der Waals surface area contributed by atoms with E-state index < -0.39 is 5.97 Å². The van der Waals surface area contributed by atoms with Gasteiger partial charge in [0.05, 0.1) is 0 Å². The van der Waals surface area contributed by atoms with Gasteiger partial charge < -0.3 is 5.11 Å². The fourth-order valence-corrected chi connectivity index (χ4v) is 4.08. The van der Waals surface area contributed by atoms with Crippen LogP contribution in [0.3, 0.4) is 0 Å². The lowest BCUT2D eigenvalue weighted by Gasteiger charge is -2.33. The van der Waals surface area contributed by atoms with E-state index in [0.29, 0.717) is 23.5 Å². The van der Waals surface area contributed by atoms with Crippen LogP contribution in [-0.4, -0.2) is 28.1 Å². The van der Waals surface area contributed by atoms with Crippen molar-refractivity contribution < 1.29 is 9.90 Å². The highest BCUT2D eigenvalue weighted by Gasteiger charge is 2.44. The molecule has 1 heterocycles. The number of carbonyl (C=O) groups is 1. The zero-order valence-electron chi connectivity index (χ0n) is 11.5. The zero-order valence-corrected chi connectivity index (χ0v) is 12.2. The molecule has 0 aromatic heterocycles. The molecule has 1 aromatic rings. The summed E-state index contributed by atoms with van der Waals surface area (Å²) in [5.41, 5.74) is 1.11. The minimum Gasteiger partial charge on any atom is -0.480 e. The number of carboxylic acids is 1. The van der Waals surface area contributed by atoms with E-state index in [-0.39, 0.29) is 6.04 Å². The van der Waals surface area contributed by atoms with Gasteiger partial charge in [-0.25, -0.2) is 0 Å². The number of nitrogens with zero attached hydrogens (tertiary/aromatic N) is 1. The SMILES string of the molecule is O=C(O)[C@@H]1C[C@@H]2CCCC[C@@H]2N1Cc1cccc(Cl)c1. The second-order valence-electron chi connectivity index (χ2n) is 6.00. The fourth-order valence-electron chi connectivity index (χ4n) is 3.87. The molecule has 0 bridgehead atoms. The van der Waals surface area contributed by atoms with Gasteiger partial charge in [0.15, 0.2) is 0 Å². The van der Waals surface area contributed by atoms with E-state index in [1.807, 2.05) is 24.3 Å². The summed E-state index contributed by atoms with van der Waals surface area (Å²) in [6.45, 7) is 0.693. The monoisotopic (exact) mass is 293 g/mol. The average Bonchev–Trinajstić information content (AvgIpc) is 2.78. The summed E-state index contributed by atoms with van der Waals surface area (Å²) < 4.78 is 0. The minimum atomic E-state index is -0.679. The lowest BCUT2D eigenvalue weighted by atomic mass is 9.84. The molecular weight excluding hydrogens is 274 g/mol. The number of hydrogen-bond donors (Lipinski definition) is 1. The Morgan fingerprint density at radius 1 is 1.35 bits per heavy atom. The van der Waals surface area contributed by atoms with Crippen molar-refractivity contribution in [2.45, 2.75) is 50.7 Å². The summed E-state index contributed by atoms with van der Waals surface area (Å²) in [5, 5.41) is 10.2. The average molecular weight is 294 g/mol. The normalized spacial score (nSPS) is 30.1. The van der Waals surface area contributed by atoms with Crippen LogP contribution in [0.15, 0.2) is 24.3 Å². The third-order valence-electron chi connectivity index (χ3n) is 4.76. The fraction of sp³-hybridized carbons (Fsp3) is 0.562. The van der Waals surface area contributed by atoms with Crippen LogP contribution in [0.2, 0.25) is 5.02 Å². The second-order valence-corrected chi connectivity index (χ2v) is 6.44. The van der Waals surface area contributed by atoms with Gasteiger partial charge in [0.1, 0.15) is 6.04 Å². The maximum Gasteiger partial charge on any atom is 0.320 e. The third kappa shape index (κ3) is 2.70. The van der Waals surface area contributed by atoms with Crippen LogP contribution in [0.4, 0.5) is 0 Å². The predicted molar refractivity (Wildman–Crippen MR) is 78.8 cm³/mol. The first-order valence-corrected chi connectivity index (χ1v) is 7.76. The molecule has 1 aromatic carbocycles. The van der Waals surface area contributed by atoms with E-state index in [4.69, 9.17) is 11.6 Å². The Labute approximate surface area is 124 Å². The number of benzene rings is 1. The smallest absolute Gasteiger partial charge is 0.320 e. The lowest BCUT2D eigenvalue weighted by Crippen LogP contribution is -2.41. The van der Waals surface area contributed by atoms with Crippen LogP contribution in [0.1, 0.15) is 37.7 Å². The number of aliphatic carboxylic acids is 1. The number of fused-ring (bicyclic) bond motifs is 1. The predicted octanol–water partition coefficient (Wildman–Crippen LogP) is 3.56. The van der Waals surface area contributed by atoms with Gasteiger partial charge in [-0.2, -0.15) is 0 Å². The highest BCUT2D eigenvalue weighted by Crippen LogP contribution is 2.40. The first-order valence-electron chi connectivity index (χ1n) is 7.38. The van der Waals surface area contributed by atoms with Crippen LogP contribution >= 0.6 is 11.6 Å². The van der Waals surface area contributed by atoms with Crippen molar-refractivity contribution in [2.75, 3.05) is 0 Å². The standard InChI is InChI=1S/C16H20ClNO2/c17-13-6-3-4-11(8-13)10-18-14-7-2-1-5-12(14)9-15(18)16(19)20/h3-4,6,8,12,14-15H,1-2,5,7,9-10H2,(H,19,20)/t12-,14-,15-/m0/s1. The molecule has 0 radical (unpaired) electrons. The zero-order chi connectivity index (χ0) is 14.1. The Hall–Kier alpha value is -1.06. The molecule has 20 heavy (non-hydrogen) atoms. The van der Waals surface area contributed by atoms with E-state index >= 15 is 0 Å². The van der Waals surface area contributed by atoms with Gasteiger partial charge in [0.2, 0.25) is 0 Å². The van der Waals surface area contributed by atoms with Crippen molar-refractivity contribution in [3.05, 3.63) is 34.9 Å². The van der Waals surface area contributed by atoms with Crippen LogP contribution in [0.25, 0.3) is 0 Å². The maximum atomic E-state index is 11.5. The third-order valence-corrected chi connectivity index (χ3v) is 5.00. The molecule has 1 aliphatic carbocycles. The van der Waals surface area contributed by atoms with E-state index in [1.54, 1.807) is 0 Å². The summed E-state index contributed by atoms with van der Waals surface area (Å²) in [6.07, 6.45) is 5.59. The summed E-state index contributed by atoms with van der Waals surface area (Å²) in [4.78, 5) is 13.7. The summed E-state index contributed by atoms with van der Waals surface area (Å²) in [6, 6.07) is 7.86. The van der Waals surface area contributed by atoms with Crippen LogP contribution in [0.5, 0.6) is 0 Å². The van der Waals surface area contributed by atoms with Gasteiger partial charge in [-0.15, -0.1) is 0 Å². The van der Waals surface area contributed by atoms with Gasteiger partial charge in [-0.05, 0) is 42.9 Å². The van der Waals surface area contributed by atoms with E-state index in [9.17, 15) is 9.90 Å². The molecule has 0 amide bonds. The van der Waals surface area contributed by atoms with Crippen molar-refractivity contribution in [1.82, 2.24) is 4.90 Å². The molecule has 3 atom stereocenters. The number of rotatable bonds is 3.